The lowest BCUT2D eigenvalue weighted by Gasteiger charge is -2.04. The third-order valence-corrected chi connectivity index (χ3v) is 3.67. The summed E-state index contributed by atoms with van der Waals surface area (Å²) >= 11 is 0. The van der Waals surface area contributed by atoms with Crippen LogP contribution in [0.2, 0.25) is 0 Å². The van der Waals surface area contributed by atoms with Crippen molar-refractivity contribution in [3.05, 3.63) is 45.6 Å². The van der Waals surface area contributed by atoms with E-state index in [1.165, 1.54) is 6.07 Å². The van der Waals surface area contributed by atoms with Gasteiger partial charge in [0.2, 0.25) is 5.82 Å². The molecule has 0 aliphatic rings. The number of alkyl halides is 2. The van der Waals surface area contributed by atoms with Crippen LogP contribution in [0.4, 0.5) is 13.2 Å². The van der Waals surface area contributed by atoms with Crippen LogP contribution in [0.3, 0.4) is 0 Å². The van der Waals surface area contributed by atoms with Crippen molar-refractivity contribution in [2.45, 2.75) is 19.8 Å². The highest BCUT2D eigenvalue weighted by Crippen LogP contribution is 2.31. The Hall–Kier alpha value is -3.02. The average molecular weight is 336 g/mol. The van der Waals surface area contributed by atoms with E-state index in [1.54, 1.807) is 6.92 Å². The molecule has 3 rings (SSSR count). The van der Waals surface area contributed by atoms with Crippen LogP contribution in [-0.4, -0.2) is 14.3 Å². The molecule has 0 bridgehead atoms. The molecule has 2 aromatic heterocycles. The first-order valence-corrected chi connectivity index (χ1v) is 6.98. The SMILES string of the molecule is CCc1cc2c(-n3nc(C(F)F)n(C)c3=O)c(F)cc(C#N)c2o1. The highest BCUT2D eigenvalue weighted by atomic mass is 19.3. The van der Waals surface area contributed by atoms with Gasteiger partial charge in [0, 0.05) is 13.5 Å². The fraction of sp³-hybridized carbons (Fsp3) is 0.267. The van der Waals surface area contributed by atoms with Gasteiger partial charge in [0.25, 0.3) is 6.43 Å². The molecular weight excluding hydrogens is 325 g/mol. The quantitative estimate of drug-likeness (QED) is 0.737. The second kappa shape index (κ2) is 5.56. The zero-order valence-corrected chi connectivity index (χ0v) is 12.7. The van der Waals surface area contributed by atoms with Crippen molar-refractivity contribution in [2.24, 2.45) is 7.05 Å². The summed E-state index contributed by atoms with van der Waals surface area (Å²) in [6.45, 7) is 1.79. The minimum atomic E-state index is -2.99. The van der Waals surface area contributed by atoms with Crippen molar-refractivity contribution in [1.82, 2.24) is 14.3 Å². The Labute approximate surface area is 133 Å². The first kappa shape index (κ1) is 15.9. The number of nitriles is 1. The lowest BCUT2D eigenvalue weighted by molar-refractivity contribution is 0.136. The van der Waals surface area contributed by atoms with E-state index >= 15 is 0 Å². The number of aromatic nitrogens is 3. The molecule has 1 aromatic carbocycles. The number of nitrogens with zero attached hydrogens (tertiary/aromatic N) is 4. The topological polar surface area (TPSA) is 76.8 Å². The Kier molecular flexibility index (Phi) is 3.67. The number of hydrogen-bond acceptors (Lipinski definition) is 4. The number of furan rings is 1. The van der Waals surface area contributed by atoms with Gasteiger partial charge in [0.1, 0.15) is 17.5 Å². The van der Waals surface area contributed by atoms with E-state index < -0.39 is 23.8 Å². The largest absolute Gasteiger partial charge is 0.460 e. The van der Waals surface area contributed by atoms with Gasteiger partial charge in [0.05, 0.1) is 10.9 Å². The van der Waals surface area contributed by atoms with Crippen molar-refractivity contribution in [1.29, 1.82) is 5.26 Å². The number of aryl methyl sites for hydroxylation is 1. The molecule has 0 spiro atoms. The third kappa shape index (κ3) is 2.19. The first-order valence-electron chi connectivity index (χ1n) is 6.98. The van der Waals surface area contributed by atoms with Crippen LogP contribution in [-0.2, 0) is 13.5 Å². The Morgan fingerprint density at radius 2 is 2.12 bits per heavy atom. The Bertz CT molecular complexity index is 1040. The molecule has 0 atom stereocenters. The number of rotatable bonds is 3. The van der Waals surface area contributed by atoms with Crippen LogP contribution in [0.15, 0.2) is 21.3 Å². The number of benzene rings is 1. The van der Waals surface area contributed by atoms with Gasteiger partial charge < -0.3 is 4.42 Å². The van der Waals surface area contributed by atoms with Crippen molar-refractivity contribution in [3.63, 3.8) is 0 Å². The highest BCUT2D eigenvalue weighted by molar-refractivity contribution is 5.91. The minimum absolute atomic E-state index is 0.0518. The summed E-state index contributed by atoms with van der Waals surface area (Å²) in [6, 6.07) is 4.17. The van der Waals surface area contributed by atoms with Gasteiger partial charge in [-0.1, -0.05) is 6.92 Å². The van der Waals surface area contributed by atoms with Crippen LogP contribution in [0.5, 0.6) is 0 Å². The van der Waals surface area contributed by atoms with E-state index in [4.69, 9.17) is 9.68 Å². The minimum Gasteiger partial charge on any atom is -0.460 e. The van der Waals surface area contributed by atoms with Gasteiger partial charge in [-0.15, -0.1) is 5.10 Å². The van der Waals surface area contributed by atoms with E-state index in [0.717, 1.165) is 13.1 Å². The monoisotopic (exact) mass is 336 g/mol. The summed E-state index contributed by atoms with van der Waals surface area (Å²) in [5.74, 6) is -1.24. The Balaban J connectivity index is 2.42. The summed E-state index contributed by atoms with van der Waals surface area (Å²) in [5.41, 5.74) is -1.21. The molecule has 0 saturated carbocycles. The van der Waals surface area contributed by atoms with Gasteiger partial charge in [-0.3, -0.25) is 4.57 Å². The van der Waals surface area contributed by atoms with Crippen molar-refractivity contribution < 1.29 is 17.6 Å². The van der Waals surface area contributed by atoms with Gasteiger partial charge in [-0.2, -0.15) is 9.94 Å². The average Bonchev–Trinajstić information content (AvgIpc) is 3.10. The third-order valence-electron chi connectivity index (χ3n) is 3.67. The predicted molar refractivity (Wildman–Crippen MR) is 77.6 cm³/mol. The normalized spacial score (nSPS) is 11.4. The molecule has 0 N–H and O–H groups in total. The molecule has 24 heavy (non-hydrogen) atoms. The van der Waals surface area contributed by atoms with Crippen molar-refractivity contribution in [2.75, 3.05) is 0 Å². The molecule has 3 aromatic rings. The van der Waals surface area contributed by atoms with E-state index in [9.17, 15) is 18.0 Å². The lowest BCUT2D eigenvalue weighted by atomic mass is 10.1. The Morgan fingerprint density at radius 1 is 1.42 bits per heavy atom. The second-order valence-corrected chi connectivity index (χ2v) is 5.09. The molecule has 0 unspecified atom stereocenters. The lowest BCUT2D eigenvalue weighted by Crippen LogP contribution is -2.23. The molecule has 0 aliphatic heterocycles. The molecule has 0 radical (unpaired) electrons. The second-order valence-electron chi connectivity index (χ2n) is 5.09. The highest BCUT2D eigenvalue weighted by Gasteiger charge is 2.25. The summed E-state index contributed by atoms with van der Waals surface area (Å²) in [4.78, 5) is 12.2. The molecular formula is C15H11F3N4O2. The molecule has 0 amide bonds. The molecule has 9 heteroatoms. The smallest absolute Gasteiger partial charge is 0.350 e. The van der Waals surface area contributed by atoms with Crippen molar-refractivity contribution in [3.8, 4) is 11.8 Å². The van der Waals surface area contributed by atoms with Crippen LogP contribution in [0.1, 0.15) is 30.5 Å². The van der Waals surface area contributed by atoms with Crippen LogP contribution in [0, 0.1) is 17.1 Å². The van der Waals surface area contributed by atoms with E-state index in [2.05, 4.69) is 5.10 Å². The van der Waals surface area contributed by atoms with Gasteiger partial charge in [0.15, 0.2) is 11.4 Å². The fourth-order valence-electron chi connectivity index (χ4n) is 2.47. The van der Waals surface area contributed by atoms with E-state index in [1.807, 2.05) is 6.07 Å². The maximum Gasteiger partial charge on any atom is 0.350 e. The van der Waals surface area contributed by atoms with Gasteiger partial charge in [-0.05, 0) is 12.1 Å². The first-order chi connectivity index (χ1) is 11.4. The molecule has 0 saturated heterocycles. The zero-order valence-electron chi connectivity index (χ0n) is 12.7. The van der Waals surface area contributed by atoms with Gasteiger partial charge in [-0.25, -0.2) is 18.0 Å². The van der Waals surface area contributed by atoms with E-state index in [-0.39, 0.29) is 22.2 Å². The molecule has 0 aliphatic carbocycles. The van der Waals surface area contributed by atoms with Crippen LogP contribution >= 0.6 is 0 Å². The molecule has 2 heterocycles. The number of halogens is 3. The number of fused-ring (bicyclic) bond motifs is 1. The fourth-order valence-corrected chi connectivity index (χ4v) is 2.47. The Morgan fingerprint density at radius 3 is 2.67 bits per heavy atom. The standard InChI is InChI=1S/C15H11F3N4O2/c1-3-8-5-9-11(10(16)4-7(6-19)12(9)24-8)22-15(23)21(2)14(20-22)13(17)18/h4-5,13H,3H2,1-2H3. The summed E-state index contributed by atoms with van der Waals surface area (Å²) in [5, 5.41) is 12.8. The maximum absolute atomic E-state index is 14.5. The van der Waals surface area contributed by atoms with Gasteiger partial charge >= 0.3 is 5.69 Å². The van der Waals surface area contributed by atoms with Crippen molar-refractivity contribution >= 4 is 11.0 Å². The zero-order chi connectivity index (χ0) is 17.6. The molecule has 0 fully saturated rings. The summed E-state index contributed by atoms with van der Waals surface area (Å²) in [7, 11) is 1.12. The van der Waals surface area contributed by atoms with Crippen LogP contribution in [0.25, 0.3) is 16.7 Å². The molecule has 6 nitrogen and oxygen atoms in total. The van der Waals surface area contributed by atoms with Crippen LogP contribution < -0.4 is 5.69 Å². The summed E-state index contributed by atoms with van der Waals surface area (Å²) < 4.78 is 47.1. The van der Waals surface area contributed by atoms with E-state index in [0.29, 0.717) is 21.4 Å². The molecule has 124 valence electrons. The number of hydrogen-bond donors (Lipinski definition) is 0. The maximum atomic E-state index is 14.5. The predicted octanol–water partition coefficient (Wildman–Crippen LogP) is 2.83. The summed E-state index contributed by atoms with van der Waals surface area (Å²) in [6.07, 6.45) is -2.52.